The third-order valence-electron chi connectivity index (χ3n) is 14.3. The number of ketones is 3. The summed E-state index contributed by atoms with van der Waals surface area (Å²) in [5.74, 6) is -8.35. The van der Waals surface area contributed by atoms with Crippen molar-refractivity contribution in [1.82, 2.24) is 4.90 Å². The fourth-order valence-electron chi connectivity index (χ4n) is 9.95. The van der Waals surface area contributed by atoms with Gasteiger partial charge in [-0.1, -0.05) is 71.1 Å². The van der Waals surface area contributed by atoms with E-state index in [0.717, 1.165) is 18.4 Å². The van der Waals surface area contributed by atoms with Gasteiger partial charge in [-0.2, -0.15) is 0 Å². The number of hydrogen-bond acceptors (Lipinski definition) is 13. The Hall–Kier alpha value is -3.37. The summed E-state index contributed by atoms with van der Waals surface area (Å²) in [7, 11) is 3.21. The lowest BCUT2D eigenvalue weighted by atomic mass is 9.78. The predicted octanol–water partition coefficient (Wildman–Crippen LogP) is 5.49. The van der Waals surface area contributed by atoms with Crippen LogP contribution in [-0.2, 0) is 42.9 Å². The number of carbonyl (C=O) groups excluding carboxylic acids is 5. The number of fused-ring (bicyclic) bond motifs is 3. The average Bonchev–Trinajstić information content (AvgIpc) is 3.27. The summed E-state index contributed by atoms with van der Waals surface area (Å²) in [5, 5.41) is 34.0. The molecule has 4 rings (SSSR count). The molecule has 14 nitrogen and oxygen atoms in total. The molecule has 1 amide bonds. The fourth-order valence-corrected chi connectivity index (χ4v) is 9.95. The van der Waals surface area contributed by atoms with E-state index in [1.807, 2.05) is 51.2 Å². The van der Waals surface area contributed by atoms with E-state index in [1.54, 1.807) is 41.9 Å². The van der Waals surface area contributed by atoms with E-state index in [9.17, 15) is 39.3 Å². The molecule has 0 aromatic rings. The molecule has 0 spiro atoms. The maximum atomic E-state index is 14.3. The number of nitrogens with two attached hydrogens (primary N) is 1. The summed E-state index contributed by atoms with van der Waals surface area (Å²) in [4.78, 5) is 71.3. The summed E-state index contributed by atoms with van der Waals surface area (Å²) < 4.78 is 23.9. The van der Waals surface area contributed by atoms with Crippen LogP contribution in [-0.4, -0.2) is 125 Å². The lowest BCUT2D eigenvalue weighted by molar-refractivity contribution is -0.265. The van der Waals surface area contributed by atoms with E-state index in [2.05, 4.69) is 0 Å². The first-order chi connectivity index (χ1) is 30.2. The van der Waals surface area contributed by atoms with Gasteiger partial charge in [-0.25, -0.2) is 4.79 Å². The molecular formula is C50H78N2O12. The van der Waals surface area contributed by atoms with Crippen LogP contribution in [0.2, 0.25) is 0 Å². The molecule has 3 heterocycles. The number of methoxy groups -OCH3 is 2. The predicted molar refractivity (Wildman–Crippen MR) is 242 cm³/mol. The van der Waals surface area contributed by atoms with Gasteiger partial charge in [0.25, 0.3) is 11.7 Å². The molecule has 64 heavy (non-hydrogen) atoms. The molecule has 1 aliphatic carbocycles. The molecule has 1 saturated carbocycles. The number of aliphatic hydroxyl groups is 3. The number of piperidine rings is 1. The molecule has 3 fully saturated rings. The number of cyclic esters (lactones) is 1. The van der Waals surface area contributed by atoms with Crippen molar-refractivity contribution < 1.29 is 58.2 Å². The van der Waals surface area contributed by atoms with Crippen molar-refractivity contribution in [2.45, 2.75) is 180 Å². The number of hydrogen-bond donors (Lipinski definition) is 4. The van der Waals surface area contributed by atoms with Crippen molar-refractivity contribution >= 4 is 29.2 Å². The zero-order valence-corrected chi connectivity index (χ0v) is 39.8. The quantitative estimate of drug-likeness (QED) is 0.153. The van der Waals surface area contributed by atoms with E-state index < -0.39 is 83.5 Å². The lowest BCUT2D eigenvalue weighted by Gasteiger charge is -2.42. The largest absolute Gasteiger partial charge is 0.460 e. The van der Waals surface area contributed by atoms with Gasteiger partial charge in [0.15, 0.2) is 5.78 Å². The number of esters is 1. The van der Waals surface area contributed by atoms with Crippen LogP contribution in [0.3, 0.4) is 0 Å². The van der Waals surface area contributed by atoms with Crippen LogP contribution in [0.1, 0.15) is 126 Å². The SMILES string of the molecule is CO[C@H]1C[C@@H]2CC[C@@H](C)[C@@](O)(O2)C(=O)C(=O)N2CCCC[C@H]2C(=O)O[C@H]([C@H](C)C[C@@H]2CC[C@H](N)[C@H](OC)C2)CC(=O)[C@H](C)/C=C(\C)[C@@H](O)[C@@H](O)C(=O)[C@H](C)C[C@H](C)/C=C/C=CC=C1C. The fraction of sp³-hybridized carbons (Fsp3) is 0.740. The zero-order valence-electron chi connectivity index (χ0n) is 39.8. The molecule has 3 aliphatic heterocycles. The van der Waals surface area contributed by atoms with Gasteiger partial charge in [0, 0.05) is 57.4 Å². The van der Waals surface area contributed by atoms with Crippen LogP contribution in [0.4, 0.5) is 0 Å². The first-order valence-electron chi connectivity index (χ1n) is 23.6. The van der Waals surface area contributed by atoms with Gasteiger partial charge in [0.2, 0.25) is 5.79 Å². The van der Waals surface area contributed by atoms with Crippen molar-refractivity contribution in [3.05, 3.63) is 47.6 Å². The van der Waals surface area contributed by atoms with Crippen molar-refractivity contribution in [1.29, 1.82) is 0 Å². The van der Waals surface area contributed by atoms with Gasteiger partial charge in [0.1, 0.15) is 30.1 Å². The number of carbonyl (C=O) groups is 5. The Kier molecular flexibility index (Phi) is 20.3. The maximum absolute atomic E-state index is 14.3. The molecule has 15 atom stereocenters. The third kappa shape index (κ3) is 13.8. The van der Waals surface area contributed by atoms with E-state index in [1.165, 1.54) is 11.0 Å². The first-order valence-corrected chi connectivity index (χ1v) is 23.6. The second-order valence-electron chi connectivity index (χ2n) is 19.5. The second-order valence-corrected chi connectivity index (χ2v) is 19.5. The molecule has 0 aromatic carbocycles. The molecule has 2 bridgehead atoms. The van der Waals surface area contributed by atoms with Crippen molar-refractivity contribution in [2.75, 3.05) is 20.8 Å². The third-order valence-corrected chi connectivity index (χ3v) is 14.3. The summed E-state index contributed by atoms with van der Waals surface area (Å²) in [6.07, 6.45) is 11.4. The molecular weight excluding hydrogens is 821 g/mol. The van der Waals surface area contributed by atoms with Gasteiger partial charge in [-0.05, 0) is 107 Å². The molecule has 14 heteroatoms. The monoisotopic (exact) mass is 899 g/mol. The van der Waals surface area contributed by atoms with E-state index in [-0.39, 0.29) is 60.6 Å². The van der Waals surface area contributed by atoms with Crippen molar-refractivity contribution in [3.8, 4) is 0 Å². The normalized spacial score (nSPS) is 39.5. The van der Waals surface area contributed by atoms with Crippen LogP contribution in [0, 0.1) is 35.5 Å². The van der Waals surface area contributed by atoms with Gasteiger partial charge >= 0.3 is 5.97 Å². The van der Waals surface area contributed by atoms with Gasteiger partial charge in [-0.15, -0.1) is 0 Å². The van der Waals surface area contributed by atoms with Gasteiger partial charge in [-0.3, -0.25) is 19.2 Å². The van der Waals surface area contributed by atoms with Crippen LogP contribution in [0.25, 0.3) is 0 Å². The highest BCUT2D eigenvalue weighted by atomic mass is 16.6. The number of Topliss-reactive ketones (excluding diaryl/α,β-unsaturated/α-hetero) is 3. The Bertz CT molecular complexity index is 1740. The molecule has 4 aliphatic rings. The Morgan fingerprint density at radius 3 is 2.28 bits per heavy atom. The number of aliphatic hydroxyl groups excluding tert-OH is 2. The topological polar surface area (TPSA) is 212 Å². The number of amides is 1. The highest BCUT2D eigenvalue weighted by Gasteiger charge is 2.53. The summed E-state index contributed by atoms with van der Waals surface area (Å²) in [6.45, 7) is 12.5. The zero-order chi connectivity index (χ0) is 47.5. The second kappa shape index (κ2) is 24.4. The van der Waals surface area contributed by atoms with Crippen LogP contribution < -0.4 is 5.73 Å². The summed E-state index contributed by atoms with van der Waals surface area (Å²) in [6, 6.07) is -1.23. The Labute approximate surface area is 381 Å². The Morgan fingerprint density at radius 1 is 0.875 bits per heavy atom. The minimum atomic E-state index is -2.43. The van der Waals surface area contributed by atoms with Crippen LogP contribution in [0.15, 0.2) is 47.6 Å². The molecule has 360 valence electrons. The summed E-state index contributed by atoms with van der Waals surface area (Å²) >= 11 is 0. The summed E-state index contributed by atoms with van der Waals surface area (Å²) in [5.41, 5.74) is 7.44. The maximum Gasteiger partial charge on any atom is 0.329 e. The Morgan fingerprint density at radius 2 is 1.59 bits per heavy atom. The molecule has 0 radical (unpaired) electrons. The number of ether oxygens (including phenoxy) is 4. The number of allylic oxidation sites excluding steroid dienone is 6. The van der Waals surface area contributed by atoms with Gasteiger partial charge in [0.05, 0.1) is 18.3 Å². The molecule has 0 unspecified atom stereocenters. The molecule has 5 N–H and O–H groups in total. The van der Waals surface area contributed by atoms with Crippen molar-refractivity contribution in [3.63, 3.8) is 0 Å². The average molecular weight is 899 g/mol. The minimum Gasteiger partial charge on any atom is -0.460 e. The standard InChI is InChI=1S/C50H78N2O12/c1-29-15-11-10-12-16-30(2)41(61-8)27-37-20-18-35(7)50(60,64-37)47(57)48(58)52-22-14-13-17-39(52)49(59)63-42(32(4)25-36-19-21-38(51)43(26-36)62-9)28-40(53)31(3)24-34(6)45(55)46(56)44(54)33(5)23-29/h10-12,15-16,24,29,31-33,35-39,41-43,45-46,55-56,60H,13-14,17-23,25-28,51H2,1-9H3/b12-10?,15-11+,30-16?,34-24+/t29-,31-,32-,33-,35-,36+,37+,38+,39+,41+,42+,43-,45-,46+,50-/m1/s1. The number of rotatable bonds is 5. The van der Waals surface area contributed by atoms with Crippen molar-refractivity contribution in [2.24, 2.45) is 41.2 Å². The van der Waals surface area contributed by atoms with E-state index in [0.29, 0.717) is 51.4 Å². The first kappa shape index (κ1) is 53.2. The minimum absolute atomic E-state index is 0.0310. The van der Waals surface area contributed by atoms with E-state index >= 15 is 0 Å². The van der Waals surface area contributed by atoms with Crippen LogP contribution >= 0.6 is 0 Å². The number of nitrogens with zero attached hydrogens (tertiary/aromatic N) is 1. The van der Waals surface area contributed by atoms with Crippen LogP contribution in [0.5, 0.6) is 0 Å². The highest BCUT2D eigenvalue weighted by molar-refractivity contribution is 6.39. The smallest absolute Gasteiger partial charge is 0.329 e. The molecule has 0 aromatic heterocycles. The Balaban J connectivity index is 1.69. The lowest BCUT2D eigenvalue weighted by Crippen LogP contribution is -2.61. The van der Waals surface area contributed by atoms with Gasteiger partial charge < -0.3 is 44.9 Å². The van der Waals surface area contributed by atoms with E-state index in [4.69, 9.17) is 24.7 Å². The highest BCUT2D eigenvalue weighted by Crippen LogP contribution is 2.37. The molecule has 2 saturated heterocycles.